The Morgan fingerprint density at radius 2 is 2.06 bits per heavy atom. The van der Waals surface area contributed by atoms with E-state index in [4.69, 9.17) is 0 Å². The molecule has 0 unspecified atom stereocenters. The van der Waals surface area contributed by atoms with Crippen LogP contribution in [0.3, 0.4) is 0 Å². The van der Waals surface area contributed by atoms with Crippen LogP contribution in [-0.4, -0.2) is 18.5 Å². The number of carbonyl (C=O) groups is 1. The molecule has 5 heteroatoms. The number of esters is 1. The van der Waals surface area contributed by atoms with Crippen LogP contribution in [0.1, 0.15) is 6.92 Å². The summed E-state index contributed by atoms with van der Waals surface area (Å²) in [5, 5.41) is 2.49. The number of nitrogens with one attached hydrogen (secondary N) is 1. The first kappa shape index (κ1) is 11.9. The summed E-state index contributed by atoms with van der Waals surface area (Å²) < 4.78 is 17.2. The van der Waals surface area contributed by atoms with Gasteiger partial charge in [0.25, 0.3) is 0 Å². The summed E-state index contributed by atoms with van der Waals surface area (Å²) in [4.78, 5) is 21.7. The quantitative estimate of drug-likeness (QED) is 0.477. The Hall–Kier alpha value is -2.13. The van der Waals surface area contributed by atoms with E-state index in [0.29, 0.717) is 5.69 Å². The van der Waals surface area contributed by atoms with Gasteiger partial charge in [0.15, 0.2) is 5.94 Å². The number of anilines is 1. The van der Waals surface area contributed by atoms with Gasteiger partial charge in [-0.15, -0.1) is 0 Å². The molecule has 0 aromatic heterocycles. The van der Waals surface area contributed by atoms with Gasteiger partial charge in [0.05, 0.1) is 6.61 Å². The van der Waals surface area contributed by atoms with E-state index in [2.05, 4.69) is 10.1 Å². The summed E-state index contributed by atoms with van der Waals surface area (Å²) in [6, 6.07) is 5.20. The van der Waals surface area contributed by atoms with Crippen LogP contribution in [0.5, 0.6) is 0 Å². The standard InChI is InChI=1S/C11H10FNO3/c1-2-16-11(15)10(7-14)13-9-5-3-8(12)4-6-9/h3-6,13H,2H2,1H3. The second kappa shape index (κ2) is 5.68. The average Bonchev–Trinajstić information content (AvgIpc) is 2.28. The summed E-state index contributed by atoms with van der Waals surface area (Å²) in [6.45, 7) is 1.79. The average molecular weight is 223 g/mol. The minimum atomic E-state index is -0.790. The highest BCUT2D eigenvalue weighted by Crippen LogP contribution is 2.10. The number of ether oxygens (including phenoxy) is 1. The van der Waals surface area contributed by atoms with Crippen molar-refractivity contribution in [3.8, 4) is 0 Å². The smallest absolute Gasteiger partial charge is 0.366 e. The summed E-state index contributed by atoms with van der Waals surface area (Å²) >= 11 is 0. The summed E-state index contributed by atoms with van der Waals surface area (Å²) in [6.07, 6.45) is 0. The van der Waals surface area contributed by atoms with Crippen molar-refractivity contribution >= 4 is 17.6 Å². The normalized spacial score (nSPS) is 9.12. The fourth-order valence-corrected chi connectivity index (χ4v) is 0.999. The minimum Gasteiger partial charge on any atom is -0.461 e. The zero-order valence-electron chi connectivity index (χ0n) is 8.62. The maximum Gasteiger partial charge on any atom is 0.366 e. The molecule has 0 aliphatic rings. The van der Waals surface area contributed by atoms with E-state index in [0.717, 1.165) is 0 Å². The number of hydrogen-bond acceptors (Lipinski definition) is 4. The van der Waals surface area contributed by atoms with Crippen molar-refractivity contribution in [3.63, 3.8) is 0 Å². The lowest BCUT2D eigenvalue weighted by Gasteiger charge is -2.06. The molecule has 0 spiro atoms. The highest BCUT2D eigenvalue weighted by molar-refractivity contribution is 5.99. The van der Waals surface area contributed by atoms with E-state index in [1.54, 1.807) is 6.92 Å². The van der Waals surface area contributed by atoms with E-state index in [1.165, 1.54) is 30.2 Å². The molecule has 0 saturated carbocycles. The molecular weight excluding hydrogens is 213 g/mol. The second-order valence-electron chi connectivity index (χ2n) is 2.83. The molecule has 16 heavy (non-hydrogen) atoms. The molecule has 4 nitrogen and oxygen atoms in total. The monoisotopic (exact) mass is 223 g/mol. The molecule has 1 aromatic carbocycles. The molecule has 1 aromatic rings. The highest BCUT2D eigenvalue weighted by atomic mass is 19.1. The molecule has 1 N–H and O–H groups in total. The van der Waals surface area contributed by atoms with Crippen molar-refractivity contribution < 1.29 is 18.7 Å². The SMILES string of the molecule is CCOC(=O)C(=C=O)Nc1ccc(F)cc1. The van der Waals surface area contributed by atoms with Crippen LogP contribution in [0, 0.1) is 5.82 Å². The number of carbonyl (C=O) groups excluding carboxylic acids is 2. The molecule has 0 fully saturated rings. The summed E-state index contributed by atoms with van der Waals surface area (Å²) in [5.41, 5.74) is 0.0706. The molecule has 0 radical (unpaired) electrons. The lowest BCUT2D eigenvalue weighted by molar-refractivity contribution is -0.138. The van der Waals surface area contributed by atoms with Crippen LogP contribution in [0.2, 0.25) is 0 Å². The Labute approximate surface area is 91.7 Å². The molecule has 84 valence electrons. The van der Waals surface area contributed by atoms with Crippen LogP contribution in [-0.2, 0) is 14.3 Å². The third-order valence-electron chi connectivity index (χ3n) is 1.70. The van der Waals surface area contributed by atoms with Crippen LogP contribution < -0.4 is 5.32 Å². The van der Waals surface area contributed by atoms with Gasteiger partial charge in [0, 0.05) is 5.69 Å². The van der Waals surface area contributed by atoms with E-state index < -0.39 is 11.8 Å². The fraction of sp³-hybridized carbons (Fsp3) is 0.182. The lowest BCUT2D eigenvalue weighted by Crippen LogP contribution is -2.15. The number of hydrogen-bond donors (Lipinski definition) is 1. The molecule has 0 amide bonds. The maximum atomic E-state index is 12.6. The third kappa shape index (κ3) is 3.22. The molecule has 0 saturated heterocycles. The molecule has 0 heterocycles. The summed E-state index contributed by atoms with van der Waals surface area (Å²) in [7, 11) is 0. The van der Waals surface area contributed by atoms with E-state index in [-0.39, 0.29) is 12.3 Å². The van der Waals surface area contributed by atoms with Gasteiger partial charge in [0.1, 0.15) is 5.82 Å². The van der Waals surface area contributed by atoms with Gasteiger partial charge in [-0.25, -0.2) is 14.0 Å². The first-order chi connectivity index (χ1) is 7.67. The fourth-order valence-electron chi connectivity index (χ4n) is 0.999. The molecule has 0 aliphatic carbocycles. The largest absolute Gasteiger partial charge is 0.461 e. The maximum absolute atomic E-state index is 12.6. The van der Waals surface area contributed by atoms with Gasteiger partial charge < -0.3 is 10.1 Å². The molecule has 0 aliphatic heterocycles. The van der Waals surface area contributed by atoms with E-state index in [1.807, 2.05) is 0 Å². The number of benzene rings is 1. The van der Waals surface area contributed by atoms with Crippen molar-refractivity contribution in [2.45, 2.75) is 6.92 Å². The van der Waals surface area contributed by atoms with Crippen molar-refractivity contribution in [1.29, 1.82) is 0 Å². The molecular formula is C11H10FNO3. The van der Waals surface area contributed by atoms with Gasteiger partial charge in [-0.3, -0.25) is 0 Å². The number of halogens is 1. The Kier molecular flexibility index (Phi) is 4.24. The van der Waals surface area contributed by atoms with Gasteiger partial charge in [0.2, 0.25) is 5.70 Å². The zero-order valence-corrected chi connectivity index (χ0v) is 8.62. The zero-order chi connectivity index (χ0) is 12.0. The van der Waals surface area contributed by atoms with Crippen molar-refractivity contribution in [2.24, 2.45) is 0 Å². The lowest BCUT2D eigenvalue weighted by atomic mass is 10.3. The van der Waals surface area contributed by atoms with Gasteiger partial charge in [-0.2, -0.15) is 0 Å². The van der Waals surface area contributed by atoms with Crippen molar-refractivity contribution in [2.75, 3.05) is 11.9 Å². The van der Waals surface area contributed by atoms with Gasteiger partial charge in [-0.1, -0.05) is 0 Å². The predicted molar refractivity (Wildman–Crippen MR) is 55.9 cm³/mol. The minimum absolute atomic E-state index is 0.162. The first-order valence-electron chi connectivity index (χ1n) is 4.62. The van der Waals surface area contributed by atoms with Crippen molar-refractivity contribution in [1.82, 2.24) is 0 Å². The second-order valence-corrected chi connectivity index (χ2v) is 2.83. The highest BCUT2D eigenvalue weighted by Gasteiger charge is 2.11. The molecule has 0 bridgehead atoms. The van der Waals surface area contributed by atoms with Gasteiger partial charge in [-0.05, 0) is 31.2 Å². The Morgan fingerprint density at radius 1 is 1.44 bits per heavy atom. The predicted octanol–water partition coefficient (Wildman–Crippen LogP) is 1.52. The summed E-state index contributed by atoms with van der Waals surface area (Å²) in [5.74, 6) is 0.243. The Morgan fingerprint density at radius 3 is 2.56 bits per heavy atom. The third-order valence-corrected chi connectivity index (χ3v) is 1.70. The Balaban J connectivity index is 2.75. The van der Waals surface area contributed by atoms with Crippen LogP contribution >= 0.6 is 0 Å². The van der Waals surface area contributed by atoms with E-state index >= 15 is 0 Å². The van der Waals surface area contributed by atoms with Crippen LogP contribution in [0.4, 0.5) is 10.1 Å². The van der Waals surface area contributed by atoms with Crippen molar-refractivity contribution in [3.05, 3.63) is 35.8 Å². The Bertz CT molecular complexity index is 421. The van der Waals surface area contributed by atoms with Gasteiger partial charge >= 0.3 is 5.97 Å². The van der Waals surface area contributed by atoms with E-state index in [9.17, 15) is 14.0 Å². The van der Waals surface area contributed by atoms with Crippen LogP contribution in [0.25, 0.3) is 0 Å². The first-order valence-corrected chi connectivity index (χ1v) is 4.62. The molecule has 1 rings (SSSR count). The van der Waals surface area contributed by atoms with Crippen LogP contribution in [0.15, 0.2) is 30.0 Å². The number of rotatable bonds is 4. The topological polar surface area (TPSA) is 55.4 Å². The molecule has 0 atom stereocenters.